The van der Waals surface area contributed by atoms with Gasteiger partial charge < -0.3 is 9.84 Å². The SMILES string of the molecule is CCOc1ccc(/C=C\C(=O)c2cc(Br)cc(Br)c(=O)c2O)cc1. The van der Waals surface area contributed by atoms with Crippen LogP contribution in [0.4, 0.5) is 0 Å². The molecule has 0 bridgehead atoms. The van der Waals surface area contributed by atoms with E-state index in [9.17, 15) is 14.7 Å². The maximum Gasteiger partial charge on any atom is 0.235 e. The highest BCUT2D eigenvalue weighted by Crippen LogP contribution is 2.22. The molecular weight excluding hydrogens is 440 g/mol. The number of ketones is 1. The fourth-order valence-corrected chi connectivity index (χ4v) is 3.16. The Balaban J connectivity index is 2.30. The van der Waals surface area contributed by atoms with Crippen molar-refractivity contribution in [3.05, 3.63) is 72.8 Å². The molecular formula is C18H14Br2O4. The Hall–Kier alpha value is -1.92. The average molecular weight is 454 g/mol. The quantitative estimate of drug-likeness (QED) is 0.531. The van der Waals surface area contributed by atoms with E-state index in [1.165, 1.54) is 18.2 Å². The van der Waals surface area contributed by atoms with Gasteiger partial charge in [0.05, 0.1) is 16.6 Å². The molecule has 0 atom stereocenters. The van der Waals surface area contributed by atoms with E-state index in [4.69, 9.17) is 4.74 Å². The Labute approximate surface area is 156 Å². The normalized spacial score (nSPS) is 10.8. The molecule has 0 aliphatic rings. The molecule has 0 aliphatic carbocycles. The number of carbonyl (C=O) groups excluding carboxylic acids is 1. The molecule has 0 spiro atoms. The molecule has 0 saturated heterocycles. The molecule has 0 heterocycles. The molecule has 2 aromatic rings. The monoisotopic (exact) mass is 452 g/mol. The van der Waals surface area contributed by atoms with E-state index < -0.39 is 17.0 Å². The zero-order chi connectivity index (χ0) is 17.7. The highest BCUT2D eigenvalue weighted by atomic mass is 79.9. The van der Waals surface area contributed by atoms with E-state index >= 15 is 0 Å². The summed E-state index contributed by atoms with van der Waals surface area (Å²) in [6, 6.07) is 10.1. The van der Waals surface area contributed by atoms with Crippen LogP contribution in [0.5, 0.6) is 11.5 Å². The number of halogens is 2. The molecule has 2 rings (SSSR count). The van der Waals surface area contributed by atoms with Gasteiger partial charge in [-0.15, -0.1) is 0 Å². The predicted molar refractivity (Wildman–Crippen MR) is 101 cm³/mol. The smallest absolute Gasteiger partial charge is 0.235 e. The average Bonchev–Trinajstić information content (AvgIpc) is 2.66. The van der Waals surface area contributed by atoms with Crippen molar-refractivity contribution in [2.75, 3.05) is 6.61 Å². The molecule has 0 fully saturated rings. The van der Waals surface area contributed by atoms with E-state index in [0.29, 0.717) is 11.1 Å². The van der Waals surface area contributed by atoms with Crippen LogP contribution in [0.15, 0.2) is 56.2 Å². The van der Waals surface area contributed by atoms with Crippen molar-refractivity contribution in [1.82, 2.24) is 0 Å². The second kappa shape index (κ2) is 8.26. The molecule has 124 valence electrons. The summed E-state index contributed by atoms with van der Waals surface area (Å²) >= 11 is 6.29. The van der Waals surface area contributed by atoms with Gasteiger partial charge >= 0.3 is 0 Å². The molecule has 0 amide bonds. The highest BCUT2D eigenvalue weighted by molar-refractivity contribution is 9.11. The van der Waals surface area contributed by atoms with E-state index in [1.54, 1.807) is 18.2 Å². The maximum atomic E-state index is 12.3. The first-order chi connectivity index (χ1) is 11.4. The van der Waals surface area contributed by atoms with Crippen LogP contribution in [-0.4, -0.2) is 17.5 Å². The number of benzene rings is 1. The summed E-state index contributed by atoms with van der Waals surface area (Å²) in [7, 11) is 0. The lowest BCUT2D eigenvalue weighted by molar-refractivity contribution is 0.104. The number of ether oxygens (including phenoxy) is 1. The third-order valence-electron chi connectivity index (χ3n) is 3.12. The summed E-state index contributed by atoms with van der Waals surface area (Å²) in [6.45, 7) is 2.49. The van der Waals surface area contributed by atoms with E-state index in [0.717, 1.165) is 11.3 Å². The van der Waals surface area contributed by atoms with Crippen molar-refractivity contribution < 1.29 is 14.6 Å². The predicted octanol–water partition coefficient (Wildman–Crippen LogP) is 4.57. The number of hydrogen-bond acceptors (Lipinski definition) is 4. The first-order valence-electron chi connectivity index (χ1n) is 7.10. The Morgan fingerprint density at radius 2 is 1.88 bits per heavy atom. The van der Waals surface area contributed by atoms with Gasteiger partial charge in [-0.3, -0.25) is 9.59 Å². The van der Waals surface area contributed by atoms with Gasteiger partial charge in [-0.05, 0) is 58.8 Å². The number of hydrogen-bond donors (Lipinski definition) is 1. The Morgan fingerprint density at radius 1 is 1.21 bits per heavy atom. The van der Waals surface area contributed by atoms with Crippen molar-refractivity contribution in [3.8, 4) is 11.5 Å². The maximum absolute atomic E-state index is 12.3. The Kier molecular flexibility index (Phi) is 6.34. The molecule has 2 aromatic carbocycles. The van der Waals surface area contributed by atoms with Crippen LogP contribution in [0.25, 0.3) is 6.08 Å². The van der Waals surface area contributed by atoms with Crippen molar-refractivity contribution in [1.29, 1.82) is 0 Å². The van der Waals surface area contributed by atoms with E-state index in [-0.39, 0.29) is 10.0 Å². The van der Waals surface area contributed by atoms with Crippen molar-refractivity contribution in [2.24, 2.45) is 0 Å². The standard InChI is InChI=1S/C18H14Br2O4/c1-2-24-13-6-3-11(4-7-13)5-8-16(21)14-9-12(19)10-15(20)18(23)17(14)22/h3-10H,2H2,1H3,(H,22,23)/b8-5-. The fraction of sp³-hybridized carbons (Fsp3) is 0.111. The number of aromatic hydroxyl groups is 1. The van der Waals surface area contributed by atoms with Gasteiger partial charge in [-0.1, -0.05) is 34.1 Å². The summed E-state index contributed by atoms with van der Waals surface area (Å²) in [5, 5.41) is 9.99. The largest absolute Gasteiger partial charge is 0.504 e. The molecule has 0 radical (unpaired) electrons. The number of rotatable bonds is 5. The Bertz CT molecular complexity index is 843. The van der Waals surface area contributed by atoms with Crippen LogP contribution in [0.3, 0.4) is 0 Å². The third-order valence-corrected chi connectivity index (χ3v) is 4.16. The lowest BCUT2D eigenvalue weighted by Gasteiger charge is -2.02. The van der Waals surface area contributed by atoms with Crippen molar-refractivity contribution in [2.45, 2.75) is 6.92 Å². The minimum Gasteiger partial charge on any atom is -0.504 e. The number of allylic oxidation sites excluding steroid dienone is 1. The third kappa shape index (κ3) is 4.55. The molecule has 0 aliphatic heterocycles. The fourth-order valence-electron chi connectivity index (χ4n) is 1.96. The summed E-state index contributed by atoms with van der Waals surface area (Å²) < 4.78 is 6.02. The second-order valence-electron chi connectivity index (χ2n) is 4.81. The van der Waals surface area contributed by atoms with Gasteiger partial charge in [-0.2, -0.15) is 0 Å². The van der Waals surface area contributed by atoms with Gasteiger partial charge in [0.15, 0.2) is 11.5 Å². The summed E-state index contributed by atoms with van der Waals surface area (Å²) in [5.41, 5.74) is 0.0903. The molecule has 6 heteroatoms. The number of carbonyl (C=O) groups is 1. The zero-order valence-corrected chi connectivity index (χ0v) is 15.9. The van der Waals surface area contributed by atoms with Crippen LogP contribution in [-0.2, 0) is 0 Å². The van der Waals surface area contributed by atoms with Crippen molar-refractivity contribution >= 4 is 43.7 Å². The van der Waals surface area contributed by atoms with E-state index in [1.807, 2.05) is 19.1 Å². The molecule has 0 saturated carbocycles. The topological polar surface area (TPSA) is 63.6 Å². The Morgan fingerprint density at radius 3 is 2.50 bits per heavy atom. The van der Waals surface area contributed by atoms with Crippen LogP contribution in [0.2, 0.25) is 0 Å². The first-order valence-corrected chi connectivity index (χ1v) is 8.68. The van der Waals surface area contributed by atoms with Crippen LogP contribution < -0.4 is 10.2 Å². The van der Waals surface area contributed by atoms with E-state index in [2.05, 4.69) is 31.9 Å². The van der Waals surface area contributed by atoms with Crippen molar-refractivity contribution in [3.63, 3.8) is 0 Å². The second-order valence-corrected chi connectivity index (χ2v) is 6.58. The molecule has 24 heavy (non-hydrogen) atoms. The van der Waals surface area contributed by atoms with Gasteiger partial charge in [0.25, 0.3) is 0 Å². The van der Waals surface area contributed by atoms with Crippen LogP contribution in [0, 0.1) is 0 Å². The van der Waals surface area contributed by atoms with Gasteiger partial charge in [-0.25, -0.2) is 0 Å². The minimum atomic E-state index is -0.640. The molecule has 0 unspecified atom stereocenters. The molecule has 0 aromatic heterocycles. The summed E-state index contributed by atoms with van der Waals surface area (Å²) in [5.74, 6) is -0.310. The highest BCUT2D eigenvalue weighted by Gasteiger charge is 2.13. The minimum absolute atomic E-state index is 0.0697. The van der Waals surface area contributed by atoms with Gasteiger partial charge in [0.1, 0.15) is 5.75 Å². The van der Waals surface area contributed by atoms with Gasteiger partial charge in [0, 0.05) is 4.47 Å². The summed E-state index contributed by atoms with van der Waals surface area (Å²) in [6.07, 6.45) is 2.92. The summed E-state index contributed by atoms with van der Waals surface area (Å²) in [4.78, 5) is 24.2. The van der Waals surface area contributed by atoms with Crippen LogP contribution in [0.1, 0.15) is 22.8 Å². The van der Waals surface area contributed by atoms with Crippen LogP contribution >= 0.6 is 31.9 Å². The van der Waals surface area contributed by atoms with Gasteiger partial charge in [0.2, 0.25) is 5.43 Å². The zero-order valence-electron chi connectivity index (χ0n) is 12.8. The molecule has 1 N–H and O–H groups in total. The lowest BCUT2D eigenvalue weighted by atomic mass is 10.1. The lowest BCUT2D eigenvalue weighted by Crippen LogP contribution is -2.03. The first kappa shape index (κ1) is 18.4. The molecule has 4 nitrogen and oxygen atoms in total.